The molecule has 2 saturated carbocycles. The van der Waals surface area contributed by atoms with Crippen molar-refractivity contribution in [3.8, 4) is 22.5 Å². The Hall–Kier alpha value is -6.62. The number of benzene rings is 2. The van der Waals surface area contributed by atoms with Gasteiger partial charge in [-0.05, 0) is 81.7 Å². The molecule has 0 bridgehead atoms. The van der Waals surface area contributed by atoms with Gasteiger partial charge in [0.2, 0.25) is 23.7 Å². The first-order valence-electron chi connectivity index (χ1n) is 22.0. The minimum atomic E-state index is -1.18. The lowest BCUT2D eigenvalue weighted by atomic mass is 10.1. The van der Waals surface area contributed by atoms with E-state index < -0.39 is 8.07 Å². The van der Waals surface area contributed by atoms with Crippen LogP contribution in [0.5, 0.6) is 0 Å². The van der Waals surface area contributed by atoms with Crippen molar-refractivity contribution in [1.82, 2.24) is 40.1 Å². The van der Waals surface area contributed by atoms with Gasteiger partial charge in [0.15, 0.2) is 11.4 Å². The van der Waals surface area contributed by atoms with Crippen molar-refractivity contribution in [1.29, 1.82) is 0 Å². The van der Waals surface area contributed by atoms with Gasteiger partial charge in [0.05, 0.1) is 24.5 Å². The molecule has 4 atom stereocenters. The Bertz CT molecular complexity index is 2740. The van der Waals surface area contributed by atoms with Gasteiger partial charge < -0.3 is 35.6 Å². The number of nitrogens with one attached hydrogen (secondary N) is 5. The average Bonchev–Trinajstić information content (AvgIpc) is 4.07. The second kappa shape index (κ2) is 19.8. The van der Waals surface area contributed by atoms with Crippen LogP contribution < -0.4 is 21.3 Å². The molecule has 0 saturated heterocycles. The van der Waals surface area contributed by atoms with E-state index in [1.165, 1.54) is 0 Å². The van der Waals surface area contributed by atoms with Crippen LogP contribution in [0.4, 0.5) is 23.3 Å². The van der Waals surface area contributed by atoms with Crippen molar-refractivity contribution >= 4 is 65.0 Å². The molecule has 2 aliphatic rings. The van der Waals surface area contributed by atoms with Crippen LogP contribution in [0.1, 0.15) is 63.5 Å². The molecule has 332 valence electrons. The molecule has 4 heterocycles. The summed E-state index contributed by atoms with van der Waals surface area (Å²) in [5, 5.41) is 15.0. The van der Waals surface area contributed by atoms with E-state index in [2.05, 4.69) is 76.3 Å². The van der Waals surface area contributed by atoms with Crippen LogP contribution in [-0.2, 0) is 21.1 Å². The maximum absolute atomic E-state index is 11.6. The molecule has 5 N–H and O–H groups in total. The third-order valence-corrected chi connectivity index (χ3v) is 13.6. The van der Waals surface area contributed by atoms with Crippen molar-refractivity contribution in [3.05, 3.63) is 95.1 Å². The Balaban J connectivity index is 0.000000197. The summed E-state index contributed by atoms with van der Waals surface area (Å²) < 4.78 is 8.12. The van der Waals surface area contributed by atoms with E-state index in [1.54, 1.807) is 13.8 Å². The highest BCUT2D eigenvalue weighted by molar-refractivity contribution is 6.76. The molecule has 15 nitrogen and oxygen atoms in total. The summed E-state index contributed by atoms with van der Waals surface area (Å²) in [6.07, 6.45) is 13.6. The Morgan fingerprint density at radius 3 is 1.86 bits per heavy atom. The van der Waals surface area contributed by atoms with Crippen molar-refractivity contribution in [3.63, 3.8) is 0 Å². The highest BCUT2D eigenvalue weighted by Crippen LogP contribution is 2.35. The van der Waals surface area contributed by atoms with Crippen LogP contribution in [0.15, 0.2) is 61.2 Å². The fourth-order valence-corrected chi connectivity index (χ4v) is 9.36. The zero-order valence-corrected chi connectivity index (χ0v) is 38.8. The molecule has 4 aromatic heterocycles. The number of aromatic nitrogens is 6. The molecule has 0 unspecified atom stereocenters. The molecule has 16 heteroatoms. The van der Waals surface area contributed by atoms with Gasteiger partial charge in [0, 0.05) is 110 Å². The molecule has 2 amide bonds. The smallest absolute Gasteiger partial charge is 0.223 e. The largest absolute Gasteiger partial charge is 0.362 e. The Morgan fingerprint density at radius 1 is 0.781 bits per heavy atom. The second-order valence-corrected chi connectivity index (χ2v) is 23.8. The van der Waals surface area contributed by atoms with E-state index in [-0.39, 0.29) is 36.0 Å². The van der Waals surface area contributed by atoms with Gasteiger partial charge >= 0.3 is 0 Å². The number of carbonyl (C=O) groups excluding carboxylic acids is 2. The molecule has 2 aliphatic carbocycles. The van der Waals surface area contributed by atoms with Crippen molar-refractivity contribution in [2.45, 2.75) is 123 Å². The number of rotatable bonds is 13. The van der Waals surface area contributed by atoms with Crippen LogP contribution in [0.3, 0.4) is 0 Å². The lowest BCUT2D eigenvalue weighted by Crippen LogP contribution is -2.42. The molecular weight excluding hydrogens is 821 g/mol. The zero-order valence-electron chi connectivity index (χ0n) is 37.8. The van der Waals surface area contributed by atoms with Crippen LogP contribution in [0, 0.1) is 27.0 Å². The molecule has 64 heavy (non-hydrogen) atoms. The summed E-state index contributed by atoms with van der Waals surface area (Å²) in [7, 11) is -1.18. The standard InChI is InChI=1S/C27H36N6O2Si.C21H22N6O/c1-18-15-29-27(31-24-9-7-8-23(24)30-19(2)34)32-26(18)22-16-33(17-35-12-13-36(4,5)6)25-14-20(28-3)10-11-21(22)25;1-12-10-24-21(26-18-6-4-5-17(18)25-13(2)28)27-20(12)16-11-23-19-9-14(22-3)7-8-15(16)19/h10-11,14-16,23-24H,7-9,12-13,17H2,1-2,4-6H3,(H,30,34)(H,29,31,32);7-11,17-18,23H,4-6H2,1-2H3,(H,25,28)(H,24,26,27)/t23-,24-;17-,18-/m00/s1. The fraction of sp³-hybridized carbons (Fsp3) is 0.417. The minimum Gasteiger partial charge on any atom is -0.362 e. The molecule has 8 rings (SSSR count). The van der Waals surface area contributed by atoms with Crippen molar-refractivity contribution in [2.75, 3.05) is 17.2 Å². The fourth-order valence-electron chi connectivity index (χ4n) is 8.60. The number of aryl methyl sites for hydroxylation is 2. The molecule has 6 aromatic rings. The number of nitrogens with zero attached hydrogens (tertiary/aromatic N) is 7. The number of fused-ring (bicyclic) bond motifs is 2. The SMILES string of the molecule is [C-]#[N+]c1ccc2c(-c3nc(N[C@H]4CCC[C@@H]4NC(C)=O)ncc3C)c[nH]c2c1.[C-]#[N+]c1ccc2c(-c3nc(N[C@H]4CCC[C@@H]4NC(C)=O)ncc3C)cn(COCC[Si](C)(C)C)c2c1. The summed E-state index contributed by atoms with van der Waals surface area (Å²) in [6, 6.07) is 12.9. The maximum Gasteiger partial charge on any atom is 0.223 e. The maximum atomic E-state index is 11.6. The average molecular weight is 879 g/mol. The first kappa shape index (κ1) is 45.4. The topological polar surface area (TPSA) is 172 Å². The van der Waals surface area contributed by atoms with E-state index in [0.717, 1.165) is 107 Å². The van der Waals surface area contributed by atoms with E-state index >= 15 is 0 Å². The highest BCUT2D eigenvalue weighted by atomic mass is 28.3. The molecule has 0 aliphatic heterocycles. The van der Waals surface area contributed by atoms with Gasteiger partial charge in [-0.3, -0.25) is 9.59 Å². The van der Waals surface area contributed by atoms with Crippen LogP contribution >= 0.6 is 0 Å². The van der Waals surface area contributed by atoms with Gasteiger partial charge in [-0.2, -0.15) is 0 Å². The Labute approximate surface area is 375 Å². The third-order valence-electron chi connectivity index (χ3n) is 11.9. The van der Waals surface area contributed by atoms with Crippen molar-refractivity contribution in [2.24, 2.45) is 0 Å². The predicted molar refractivity (Wildman–Crippen MR) is 256 cm³/mol. The monoisotopic (exact) mass is 878 g/mol. The summed E-state index contributed by atoms with van der Waals surface area (Å²) in [5.74, 6) is 1.09. The summed E-state index contributed by atoms with van der Waals surface area (Å²) >= 11 is 0. The number of anilines is 2. The Kier molecular flexibility index (Phi) is 14.1. The van der Waals surface area contributed by atoms with E-state index in [0.29, 0.717) is 30.0 Å². The Morgan fingerprint density at radius 2 is 1.31 bits per heavy atom. The number of carbonyl (C=O) groups is 2. The third kappa shape index (κ3) is 10.9. The molecule has 2 fully saturated rings. The predicted octanol–water partition coefficient (Wildman–Crippen LogP) is 9.69. The molecule has 0 radical (unpaired) electrons. The van der Waals surface area contributed by atoms with Crippen LogP contribution in [0.25, 0.3) is 54.0 Å². The van der Waals surface area contributed by atoms with Crippen LogP contribution in [0.2, 0.25) is 25.7 Å². The molecule has 2 aromatic carbocycles. The van der Waals surface area contributed by atoms with Gasteiger partial charge in [-0.1, -0.05) is 43.9 Å². The summed E-state index contributed by atoms with van der Waals surface area (Å²) in [6.45, 7) is 29.9. The highest BCUT2D eigenvalue weighted by Gasteiger charge is 2.30. The first-order chi connectivity index (χ1) is 30.7. The van der Waals surface area contributed by atoms with Gasteiger partial charge in [-0.25, -0.2) is 29.6 Å². The number of amides is 2. The number of hydrogen-bond donors (Lipinski definition) is 5. The quantitative estimate of drug-likeness (QED) is 0.0430. The van der Waals surface area contributed by atoms with E-state index in [1.807, 2.05) is 68.8 Å². The number of hydrogen-bond acceptors (Lipinski definition) is 9. The lowest BCUT2D eigenvalue weighted by molar-refractivity contribution is -0.120. The minimum absolute atomic E-state index is 0.0122. The molecular formula is C48H58N12O3Si. The van der Waals surface area contributed by atoms with Crippen molar-refractivity contribution < 1.29 is 14.3 Å². The molecule has 0 spiro atoms. The zero-order chi connectivity index (χ0) is 45.5. The van der Waals surface area contributed by atoms with Gasteiger partial charge in [0.1, 0.15) is 6.73 Å². The number of H-pyrrole nitrogens is 1. The number of aromatic amines is 1. The van der Waals surface area contributed by atoms with E-state index in [4.69, 9.17) is 27.8 Å². The summed E-state index contributed by atoms with van der Waals surface area (Å²) in [4.78, 5) is 52.0. The van der Waals surface area contributed by atoms with Crippen LogP contribution in [-0.4, -0.2) is 80.1 Å². The first-order valence-corrected chi connectivity index (χ1v) is 25.7. The number of ether oxygens (including phenoxy) is 1. The second-order valence-electron chi connectivity index (χ2n) is 18.1. The van der Waals surface area contributed by atoms with Gasteiger partial charge in [-0.15, -0.1) is 0 Å². The lowest BCUT2D eigenvalue weighted by Gasteiger charge is -2.22. The normalized spacial score (nSPS) is 18.2. The van der Waals surface area contributed by atoms with E-state index in [9.17, 15) is 9.59 Å². The summed E-state index contributed by atoms with van der Waals surface area (Å²) in [5.41, 5.74) is 8.70. The van der Waals surface area contributed by atoms with Gasteiger partial charge in [0.25, 0.3) is 0 Å².